The Kier molecular flexibility index (Phi) is 4.34. The summed E-state index contributed by atoms with van der Waals surface area (Å²) in [7, 11) is 3.84. The predicted molar refractivity (Wildman–Crippen MR) is 65.1 cm³/mol. The van der Waals surface area contributed by atoms with Crippen LogP contribution in [0.2, 0.25) is 0 Å². The summed E-state index contributed by atoms with van der Waals surface area (Å²) >= 11 is 0. The van der Waals surface area contributed by atoms with E-state index in [9.17, 15) is 4.79 Å². The van der Waals surface area contributed by atoms with Crippen molar-refractivity contribution in [1.82, 2.24) is 14.7 Å². The zero-order chi connectivity index (χ0) is 12.1. The molecule has 0 aromatic rings. The Balaban J connectivity index is 2.42. The maximum absolute atomic E-state index is 11.1. The van der Waals surface area contributed by atoms with E-state index in [1.807, 2.05) is 23.9 Å². The van der Waals surface area contributed by atoms with E-state index in [0.717, 1.165) is 32.0 Å². The summed E-state index contributed by atoms with van der Waals surface area (Å²) in [5, 5.41) is 0. The molecule has 5 nitrogen and oxygen atoms in total. The molecule has 16 heavy (non-hydrogen) atoms. The number of rotatable bonds is 3. The summed E-state index contributed by atoms with van der Waals surface area (Å²) in [5.74, 6) is 0.902. The smallest absolute Gasteiger partial charge is 0.219 e. The minimum absolute atomic E-state index is 0.141. The summed E-state index contributed by atoms with van der Waals surface area (Å²) in [6.45, 7) is 8.65. The van der Waals surface area contributed by atoms with E-state index < -0.39 is 0 Å². The van der Waals surface area contributed by atoms with Crippen LogP contribution in [0, 0.1) is 0 Å². The number of carbonyl (C=O) groups excluding carboxylic acids is 1. The number of amides is 1. The maximum atomic E-state index is 11.1. The van der Waals surface area contributed by atoms with Crippen LogP contribution in [0.5, 0.6) is 0 Å². The second kappa shape index (κ2) is 5.53. The zero-order valence-electron chi connectivity index (χ0n) is 10.3. The molecule has 0 unspecified atom stereocenters. The largest absolute Gasteiger partial charge is 0.369 e. The maximum Gasteiger partial charge on any atom is 0.219 e. The second-order valence-corrected chi connectivity index (χ2v) is 4.12. The van der Waals surface area contributed by atoms with Crippen LogP contribution in [0.3, 0.4) is 0 Å². The molecule has 1 saturated heterocycles. The fourth-order valence-corrected chi connectivity index (χ4v) is 1.54. The first-order chi connectivity index (χ1) is 7.50. The molecule has 90 valence electrons. The molecule has 0 saturated carbocycles. The molecule has 1 amide bonds. The number of carbonyl (C=O) groups is 1. The summed E-state index contributed by atoms with van der Waals surface area (Å²) in [4.78, 5) is 21.2. The van der Waals surface area contributed by atoms with E-state index in [4.69, 9.17) is 0 Å². The Morgan fingerprint density at radius 3 is 2.19 bits per heavy atom. The van der Waals surface area contributed by atoms with E-state index in [1.54, 1.807) is 13.3 Å². The molecule has 1 aliphatic rings. The minimum Gasteiger partial charge on any atom is -0.369 e. The van der Waals surface area contributed by atoms with Gasteiger partial charge in [-0.25, -0.2) is 4.99 Å². The summed E-state index contributed by atoms with van der Waals surface area (Å²) in [6.07, 6.45) is 1.74. The van der Waals surface area contributed by atoms with E-state index in [2.05, 4.69) is 16.5 Å². The predicted octanol–water partition coefficient (Wildman–Crippen LogP) is 0.212. The SMILES string of the molecule is C=C(N=CN(C)C)N1CCN(C(C)=O)CC1. The van der Waals surface area contributed by atoms with Crippen LogP contribution in [0.25, 0.3) is 0 Å². The van der Waals surface area contributed by atoms with Gasteiger partial charge in [0.1, 0.15) is 5.82 Å². The van der Waals surface area contributed by atoms with Crippen LogP contribution < -0.4 is 0 Å². The van der Waals surface area contributed by atoms with Crippen molar-refractivity contribution >= 4 is 12.2 Å². The molecule has 0 aromatic heterocycles. The molecular formula is C11H20N4O. The number of hydrogen-bond donors (Lipinski definition) is 0. The number of piperazine rings is 1. The molecule has 0 spiro atoms. The van der Waals surface area contributed by atoms with E-state index >= 15 is 0 Å². The van der Waals surface area contributed by atoms with Crippen LogP contribution in [0.1, 0.15) is 6.92 Å². The average Bonchev–Trinajstić information content (AvgIpc) is 2.26. The van der Waals surface area contributed by atoms with Gasteiger partial charge >= 0.3 is 0 Å². The molecule has 0 radical (unpaired) electrons. The number of nitrogens with zero attached hydrogens (tertiary/aromatic N) is 4. The van der Waals surface area contributed by atoms with Crippen molar-refractivity contribution in [1.29, 1.82) is 0 Å². The Hall–Kier alpha value is -1.52. The fraction of sp³-hybridized carbons (Fsp3) is 0.636. The van der Waals surface area contributed by atoms with Gasteiger partial charge in [0.15, 0.2) is 0 Å². The third-order valence-electron chi connectivity index (χ3n) is 2.53. The van der Waals surface area contributed by atoms with E-state index in [1.165, 1.54) is 0 Å². The van der Waals surface area contributed by atoms with Crippen LogP contribution in [-0.2, 0) is 4.79 Å². The lowest BCUT2D eigenvalue weighted by Crippen LogP contribution is -2.47. The average molecular weight is 224 g/mol. The van der Waals surface area contributed by atoms with Gasteiger partial charge in [0.25, 0.3) is 0 Å². The van der Waals surface area contributed by atoms with Crippen molar-refractivity contribution < 1.29 is 4.79 Å². The zero-order valence-corrected chi connectivity index (χ0v) is 10.3. The molecule has 1 fully saturated rings. The third-order valence-corrected chi connectivity index (χ3v) is 2.53. The van der Waals surface area contributed by atoms with Gasteiger partial charge in [-0.3, -0.25) is 4.79 Å². The topological polar surface area (TPSA) is 39.1 Å². The quantitative estimate of drug-likeness (QED) is 0.508. The van der Waals surface area contributed by atoms with Gasteiger partial charge in [-0.2, -0.15) is 0 Å². The van der Waals surface area contributed by atoms with Crippen molar-refractivity contribution in [3.05, 3.63) is 12.4 Å². The van der Waals surface area contributed by atoms with Gasteiger partial charge < -0.3 is 14.7 Å². The van der Waals surface area contributed by atoms with Crippen LogP contribution in [0.15, 0.2) is 17.4 Å². The molecule has 1 heterocycles. The summed E-state index contributed by atoms with van der Waals surface area (Å²) in [6, 6.07) is 0. The second-order valence-electron chi connectivity index (χ2n) is 4.12. The summed E-state index contributed by atoms with van der Waals surface area (Å²) < 4.78 is 0. The van der Waals surface area contributed by atoms with Gasteiger partial charge in [-0.15, -0.1) is 0 Å². The lowest BCUT2D eigenvalue weighted by molar-refractivity contribution is -0.130. The Morgan fingerprint density at radius 1 is 1.25 bits per heavy atom. The first kappa shape index (κ1) is 12.5. The highest BCUT2D eigenvalue weighted by molar-refractivity contribution is 5.73. The lowest BCUT2D eigenvalue weighted by atomic mass is 10.3. The lowest BCUT2D eigenvalue weighted by Gasteiger charge is -2.35. The van der Waals surface area contributed by atoms with E-state index in [-0.39, 0.29) is 5.91 Å². The van der Waals surface area contributed by atoms with Gasteiger partial charge in [-0.05, 0) is 0 Å². The first-order valence-electron chi connectivity index (χ1n) is 5.40. The van der Waals surface area contributed by atoms with Crippen LogP contribution >= 0.6 is 0 Å². The van der Waals surface area contributed by atoms with Crippen LogP contribution in [-0.4, -0.2) is 67.2 Å². The number of aliphatic imine (C=N–C) groups is 1. The molecule has 0 aromatic carbocycles. The Morgan fingerprint density at radius 2 is 1.75 bits per heavy atom. The van der Waals surface area contributed by atoms with Crippen molar-refractivity contribution in [3.63, 3.8) is 0 Å². The van der Waals surface area contributed by atoms with Gasteiger partial charge in [0.05, 0.1) is 6.34 Å². The van der Waals surface area contributed by atoms with E-state index in [0.29, 0.717) is 0 Å². The minimum atomic E-state index is 0.141. The van der Waals surface area contributed by atoms with Crippen molar-refractivity contribution in [2.24, 2.45) is 4.99 Å². The summed E-state index contributed by atoms with van der Waals surface area (Å²) in [5.41, 5.74) is 0. The van der Waals surface area contributed by atoms with Crippen molar-refractivity contribution in [3.8, 4) is 0 Å². The normalized spacial score (nSPS) is 16.7. The van der Waals surface area contributed by atoms with Crippen molar-refractivity contribution in [2.75, 3.05) is 40.3 Å². The van der Waals surface area contributed by atoms with Gasteiger partial charge in [-0.1, -0.05) is 6.58 Å². The molecule has 0 bridgehead atoms. The standard InChI is InChI=1S/C11H20N4O/c1-10(12-9-13(3)4)14-5-7-15(8-6-14)11(2)16/h9H,1,5-8H2,2-4H3. The molecule has 1 rings (SSSR count). The van der Waals surface area contributed by atoms with Gasteiger partial charge in [0, 0.05) is 47.2 Å². The molecular weight excluding hydrogens is 204 g/mol. The Bertz CT molecular complexity index is 290. The number of hydrogen-bond acceptors (Lipinski definition) is 3. The van der Waals surface area contributed by atoms with Crippen molar-refractivity contribution in [2.45, 2.75) is 6.92 Å². The fourth-order valence-electron chi connectivity index (χ4n) is 1.54. The molecule has 1 aliphatic heterocycles. The molecule has 0 aliphatic carbocycles. The van der Waals surface area contributed by atoms with Gasteiger partial charge in [0.2, 0.25) is 5.91 Å². The first-order valence-corrected chi connectivity index (χ1v) is 5.40. The Labute approximate surface area is 97.0 Å². The highest BCUT2D eigenvalue weighted by atomic mass is 16.2. The third kappa shape index (κ3) is 3.56. The van der Waals surface area contributed by atoms with Crippen LogP contribution in [0.4, 0.5) is 0 Å². The monoisotopic (exact) mass is 224 g/mol. The molecule has 5 heteroatoms. The molecule has 0 atom stereocenters. The highest BCUT2D eigenvalue weighted by Gasteiger charge is 2.18. The highest BCUT2D eigenvalue weighted by Crippen LogP contribution is 2.08. The molecule has 0 N–H and O–H groups in total.